The number of nitrogens with one attached hydrogen (secondary N) is 1. The summed E-state index contributed by atoms with van der Waals surface area (Å²) < 4.78 is 5.86. The van der Waals surface area contributed by atoms with E-state index in [2.05, 4.69) is 24.1 Å². The lowest BCUT2D eigenvalue weighted by molar-refractivity contribution is -0.133. The van der Waals surface area contributed by atoms with Gasteiger partial charge in [0.15, 0.2) is 0 Å². The lowest BCUT2D eigenvalue weighted by atomic mass is 9.57. The molecule has 0 bridgehead atoms. The highest BCUT2D eigenvalue weighted by atomic mass is 16.5. The van der Waals surface area contributed by atoms with Gasteiger partial charge in [0.2, 0.25) is 5.91 Å². The van der Waals surface area contributed by atoms with E-state index in [-0.39, 0.29) is 17.4 Å². The molecule has 4 atom stereocenters. The molecule has 1 N–H and O–H groups in total. The van der Waals surface area contributed by atoms with Crippen molar-refractivity contribution >= 4 is 5.91 Å². The average Bonchev–Trinajstić information content (AvgIpc) is 3.13. The van der Waals surface area contributed by atoms with Gasteiger partial charge in [0, 0.05) is 44.6 Å². The van der Waals surface area contributed by atoms with Gasteiger partial charge in [-0.15, -0.1) is 0 Å². The van der Waals surface area contributed by atoms with Crippen LogP contribution in [-0.4, -0.2) is 74.2 Å². The van der Waals surface area contributed by atoms with Crippen molar-refractivity contribution in [3.63, 3.8) is 0 Å². The number of rotatable bonds is 6. The third kappa shape index (κ3) is 3.15. The van der Waals surface area contributed by atoms with Crippen molar-refractivity contribution < 1.29 is 9.53 Å². The maximum Gasteiger partial charge on any atom is 0.239 e. The first-order chi connectivity index (χ1) is 10.9. The van der Waals surface area contributed by atoms with Crippen LogP contribution < -0.4 is 5.32 Å². The van der Waals surface area contributed by atoms with Crippen LogP contribution in [-0.2, 0) is 9.53 Å². The predicted octanol–water partition coefficient (Wildman–Crippen LogP) is 1.33. The Morgan fingerprint density at radius 2 is 2.13 bits per heavy atom. The van der Waals surface area contributed by atoms with E-state index in [0.29, 0.717) is 18.1 Å². The van der Waals surface area contributed by atoms with E-state index in [1.165, 1.54) is 6.42 Å². The summed E-state index contributed by atoms with van der Waals surface area (Å²) in [6.07, 6.45) is 4.94. The van der Waals surface area contributed by atoms with Gasteiger partial charge < -0.3 is 15.0 Å². The quantitative estimate of drug-likeness (QED) is 0.749. The summed E-state index contributed by atoms with van der Waals surface area (Å²) in [7, 11) is 3.72. The van der Waals surface area contributed by atoms with Gasteiger partial charge in [0.05, 0.1) is 12.1 Å². The molecule has 1 saturated carbocycles. The van der Waals surface area contributed by atoms with Crippen molar-refractivity contribution in [1.29, 1.82) is 0 Å². The largest absolute Gasteiger partial charge is 0.377 e. The normalized spacial score (nSPS) is 35.8. The molecule has 23 heavy (non-hydrogen) atoms. The van der Waals surface area contributed by atoms with E-state index in [4.69, 9.17) is 4.74 Å². The first-order valence-electron chi connectivity index (χ1n) is 9.23. The summed E-state index contributed by atoms with van der Waals surface area (Å²) in [6.45, 7) is 8.70. The van der Waals surface area contributed by atoms with Crippen molar-refractivity contribution in [2.45, 2.75) is 57.7 Å². The topological polar surface area (TPSA) is 44.8 Å². The van der Waals surface area contributed by atoms with E-state index >= 15 is 0 Å². The van der Waals surface area contributed by atoms with Gasteiger partial charge in [0.1, 0.15) is 0 Å². The predicted molar refractivity (Wildman–Crippen MR) is 91.3 cm³/mol. The Kier molecular flexibility index (Phi) is 5.00. The van der Waals surface area contributed by atoms with Crippen molar-refractivity contribution in [1.82, 2.24) is 15.1 Å². The molecule has 0 aromatic heterocycles. The molecule has 1 amide bonds. The second kappa shape index (κ2) is 6.69. The Labute approximate surface area is 140 Å². The van der Waals surface area contributed by atoms with Crippen LogP contribution in [0.15, 0.2) is 0 Å². The second-order valence-electron chi connectivity index (χ2n) is 8.28. The molecule has 5 heteroatoms. The SMILES string of the molecule is CN(C)C(=O)C1CCCN1CCCNC1C2CCOC2C1(C)C. The Hall–Kier alpha value is -0.650. The summed E-state index contributed by atoms with van der Waals surface area (Å²) in [5.74, 6) is 0.974. The van der Waals surface area contributed by atoms with Crippen LogP contribution >= 0.6 is 0 Å². The summed E-state index contributed by atoms with van der Waals surface area (Å²) in [5, 5.41) is 3.77. The molecule has 3 aliphatic rings. The number of amides is 1. The number of nitrogens with zero attached hydrogens (tertiary/aromatic N) is 2. The van der Waals surface area contributed by atoms with Crippen molar-refractivity contribution in [2.75, 3.05) is 40.3 Å². The molecule has 2 saturated heterocycles. The molecule has 3 rings (SSSR count). The van der Waals surface area contributed by atoms with E-state index in [9.17, 15) is 4.79 Å². The molecule has 0 aromatic rings. The van der Waals surface area contributed by atoms with Crippen molar-refractivity contribution in [3.8, 4) is 0 Å². The number of carbonyl (C=O) groups excluding carboxylic acids is 1. The Morgan fingerprint density at radius 1 is 1.35 bits per heavy atom. The Balaban J connectivity index is 1.41. The minimum absolute atomic E-state index is 0.109. The summed E-state index contributed by atoms with van der Waals surface area (Å²) in [6, 6.07) is 0.700. The van der Waals surface area contributed by atoms with Crippen LogP contribution in [0.1, 0.15) is 39.5 Å². The standard InChI is InChI=1S/C18H33N3O2/c1-18(2)15(13-8-12-23-16(13)18)19-9-6-11-21-10-5-7-14(21)17(22)20(3)4/h13-16,19H,5-12H2,1-4H3. The summed E-state index contributed by atoms with van der Waals surface area (Å²) in [4.78, 5) is 16.3. The third-order valence-corrected chi connectivity index (χ3v) is 6.18. The van der Waals surface area contributed by atoms with Gasteiger partial charge in [-0.2, -0.15) is 0 Å². The summed E-state index contributed by atoms with van der Waals surface area (Å²) >= 11 is 0. The zero-order valence-corrected chi connectivity index (χ0v) is 15.2. The first kappa shape index (κ1) is 17.2. The zero-order chi connectivity index (χ0) is 16.6. The van der Waals surface area contributed by atoms with E-state index in [1.54, 1.807) is 4.90 Å². The number of likely N-dealkylation sites (tertiary alicyclic amines) is 1. The number of fused-ring (bicyclic) bond motifs is 1. The first-order valence-corrected chi connectivity index (χ1v) is 9.23. The molecular weight excluding hydrogens is 290 g/mol. The van der Waals surface area contributed by atoms with Gasteiger partial charge in [-0.1, -0.05) is 13.8 Å². The molecule has 5 nitrogen and oxygen atoms in total. The fraction of sp³-hybridized carbons (Fsp3) is 0.944. The number of likely N-dealkylation sites (N-methyl/N-ethyl adjacent to an activating group) is 1. The van der Waals surface area contributed by atoms with Gasteiger partial charge in [0.25, 0.3) is 0 Å². The molecule has 4 unspecified atom stereocenters. The highest BCUT2D eigenvalue weighted by Crippen LogP contribution is 2.52. The highest BCUT2D eigenvalue weighted by Gasteiger charge is 2.58. The number of carbonyl (C=O) groups is 1. The van der Waals surface area contributed by atoms with Crippen molar-refractivity contribution in [2.24, 2.45) is 11.3 Å². The average molecular weight is 323 g/mol. The van der Waals surface area contributed by atoms with Crippen LogP contribution in [0.25, 0.3) is 0 Å². The minimum atomic E-state index is 0.109. The van der Waals surface area contributed by atoms with E-state index in [1.807, 2.05) is 14.1 Å². The number of hydrogen-bond donors (Lipinski definition) is 1. The monoisotopic (exact) mass is 323 g/mol. The molecule has 0 spiro atoms. The van der Waals surface area contributed by atoms with Gasteiger partial charge in [-0.05, 0) is 38.8 Å². The molecule has 0 radical (unpaired) electrons. The van der Waals surface area contributed by atoms with Crippen LogP contribution in [0.4, 0.5) is 0 Å². The fourth-order valence-corrected chi connectivity index (χ4v) is 4.95. The molecule has 132 valence electrons. The molecule has 0 aromatic carbocycles. The second-order valence-corrected chi connectivity index (χ2v) is 8.28. The smallest absolute Gasteiger partial charge is 0.239 e. The molecule has 3 fully saturated rings. The summed E-state index contributed by atoms with van der Waals surface area (Å²) in [5.41, 5.74) is 0.262. The molecular formula is C18H33N3O2. The minimum Gasteiger partial charge on any atom is -0.377 e. The molecule has 1 aliphatic carbocycles. The van der Waals surface area contributed by atoms with E-state index < -0.39 is 0 Å². The van der Waals surface area contributed by atoms with Gasteiger partial charge >= 0.3 is 0 Å². The van der Waals surface area contributed by atoms with E-state index in [0.717, 1.165) is 45.5 Å². The lowest BCUT2D eigenvalue weighted by Gasteiger charge is -2.55. The van der Waals surface area contributed by atoms with Crippen molar-refractivity contribution in [3.05, 3.63) is 0 Å². The van der Waals surface area contributed by atoms with Gasteiger partial charge in [-0.25, -0.2) is 0 Å². The molecule has 2 heterocycles. The maximum absolute atomic E-state index is 12.2. The van der Waals surface area contributed by atoms with Crippen LogP contribution in [0.2, 0.25) is 0 Å². The Bertz CT molecular complexity index is 438. The zero-order valence-electron chi connectivity index (χ0n) is 15.2. The van der Waals surface area contributed by atoms with Crippen LogP contribution in [0.5, 0.6) is 0 Å². The lowest BCUT2D eigenvalue weighted by Crippen LogP contribution is -2.65. The number of ether oxygens (including phenoxy) is 1. The van der Waals surface area contributed by atoms with Crippen LogP contribution in [0, 0.1) is 11.3 Å². The van der Waals surface area contributed by atoms with Crippen LogP contribution in [0.3, 0.4) is 0 Å². The maximum atomic E-state index is 12.2. The fourth-order valence-electron chi connectivity index (χ4n) is 4.95. The van der Waals surface area contributed by atoms with Gasteiger partial charge in [-0.3, -0.25) is 9.69 Å². The third-order valence-electron chi connectivity index (χ3n) is 6.18. The highest BCUT2D eigenvalue weighted by molar-refractivity contribution is 5.81. The number of hydrogen-bond acceptors (Lipinski definition) is 4. The Morgan fingerprint density at radius 3 is 2.87 bits per heavy atom. The molecule has 2 aliphatic heterocycles.